The third-order valence-corrected chi connectivity index (χ3v) is 2.99. The summed E-state index contributed by atoms with van der Waals surface area (Å²) in [5, 5.41) is 0. The minimum atomic E-state index is 0.688. The van der Waals surface area contributed by atoms with Crippen LogP contribution >= 0.6 is 0 Å². The Morgan fingerprint density at radius 1 is 0.842 bits per heavy atom. The van der Waals surface area contributed by atoms with Crippen molar-refractivity contribution in [2.45, 2.75) is 6.92 Å². The van der Waals surface area contributed by atoms with Crippen LogP contribution < -0.4 is 14.4 Å². The van der Waals surface area contributed by atoms with Gasteiger partial charge >= 0.3 is 0 Å². The molecule has 0 aliphatic carbocycles. The molecule has 0 saturated carbocycles. The topological polar surface area (TPSA) is 21.7 Å². The Morgan fingerprint density at radius 2 is 1.32 bits per heavy atom. The van der Waals surface area contributed by atoms with Crippen LogP contribution in [0.25, 0.3) is 0 Å². The Labute approximate surface area is 114 Å². The lowest BCUT2D eigenvalue weighted by molar-refractivity contribution is 0.340. The zero-order valence-corrected chi connectivity index (χ0v) is 11.6. The summed E-state index contributed by atoms with van der Waals surface area (Å²) >= 11 is 0. The maximum atomic E-state index is 5.44. The third-order valence-electron chi connectivity index (χ3n) is 2.99. The van der Waals surface area contributed by atoms with Crippen molar-refractivity contribution >= 4 is 11.4 Å². The first-order valence-electron chi connectivity index (χ1n) is 6.35. The number of hydrogen-bond acceptors (Lipinski definition) is 3. The fourth-order valence-electron chi connectivity index (χ4n) is 1.89. The molecule has 2 aromatic carbocycles. The maximum absolute atomic E-state index is 5.44. The molecule has 3 heteroatoms. The van der Waals surface area contributed by atoms with Crippen LogP contribution in [0.1, 0.15) is 6.92 Å². The monoisotopic (exact) mass is 257 g/mol. The number of benzene rings is 2. The fraction of sp³-hybridized carbons (Fsp3) is 0.250. The number of ether oxygens (including phenoxy) is 2. The summed E-state index contributed by atoms with van der Waals surface area (Å²) in [4.78, 5) is 2.12. The van der Waals surface area contributed by atoms with Gasteiger partial charge in [-0.1, -0.05) is 0 Å². The van der Waals surface area contributed by atoms with Gasteiger partial charge in [-0.05, 0) is 55.5 Å². The van der Waals surface area contributed by atoms with Gasteiger partial charge in [0, 0.05) is 18.4 Å². The molecule has 3 nitrogen and oxygen atoms in total. The predicted octanol–water partition coefficient (Wildman–Crippen LogP) is 3.86. The molecule has 0 unspecified atom stereocenters. The van der Waals surface area contributed by atoms with Crippen LogP contribution in [0.3, 0.4) is 0 Å². The molecule has 0 saturated heterocycles. The van der Waals surface area contributed by atoms with E-state index in [2.05, 4.69) is 17.0 Å². The SMILES string of the molecule is CCOc1ccc(N(C)c2ccc(OC)cc2)cc1. The zero-order chi connectivity index (χ0) is 13.7. The van der Waals surface area contributed by atoms with Crippen LogP contribution in [0.5, 0.6) is 11.5 Å². The Bertz CT molecular complexity index is 505. The van der Waals surface area contributed by atoms with E-state index in [1.54, 1.807) is 7.11 Å². The van der Waals surface area contributed by atoms with Crippen molar-refractivity contribution in [3.8, 4) is 11.5 Å². The molecule has 0 atom stereocenters. The van der Waals surface area contributed by atoms with Gasteiger partial charge in [0.15, 0.2) is 0 Å². The third kappa shape index (κ3) is 3.19. The number of hydrogen-bond donors (Lipinski definition) is 0. The molecule has 0 aliphatic rings. The number of rotatable bonds is 5. The minimum absolute atomic E-state index is 0.688. The highest BCUT2D eigenvalue weighted by atomic mass is 16.5. The van der Waals surface area contributed by atoms with Gasteiger partial charge < -0.3 is 14.4 Å². The van der Waals surface area contributed by atoms with E-state index in [9.17, 15) is 0 Å². The Hall–Kier alpha value is -2.16. The number of anilines is 2. The zero-order valence-electron chi connectivity index (χ0n) is 11.6. The molecule has 0 aromatic heterocycles. The van der Waals surface area contributed by atoms with Crippen LogP contribution in [0.2, 0.25) is 0 Å². The first-order chi connectivity index (χ1) is 9.24. The lowest BCUT2D eigenvalue weighted by Crippen LogP contribution is -2.09. The lowest BCUT2D eigenvalue weighted by atomic mass is 10.2. The van der Waals surface area contributed by atoms with Crippen LogP contribution in [-0.4, -0.2) is 20.8 Å². The van der Waals surface area contributed by atoms with Crippen LogP contribution in [-0.2, 0) is 0 Å². The van der Waals surface area contributed by atoms with E-state index in [1.807, 2.05) is 50.4 Å². The second-order valence-electron chi connectivity index (χ2n) is 4.18. The lowest BCUT2D eigenvalue weighted by Gasteiger charge is -2.20. The van der Waals surface area contributed by atoms with E-state index in [0.29, 0.717) is 6.61 Å². The van der Waals surface area contributed by atoms with E-state index in [4.69, 9.17) is 9.47 Å². The average Bonchev–Trinajstić information content (AvgIpc) is 2.48. The molecule has 2 rings (SSSR count). The molecule has 0 bridgehead atoms. The highest BCUT2D eigenvalue weighted by Crippen LogP contribution is 2.26. The maximum Gasteiger partial charge on any atom is 0.119 e. The Morgan fingerprint density at radius 3 is 1.74 bits per heavy atom. The van der Waals surface area contributed by atoms with Gasteiger partial charge in [-0.25, -0.2) is 0 Å². The van der Waals surface area contributed by atoms with Gasteiger partial charge in [-0.3, -0.25) is 0 Å². The van der Waals surface area contributed by atoms with Crippen molar-refractivity contribution in [3.05, 3.63) is 48.5 Å². The highest BCUT2D eigenvalue weighted by Gasteiger charge is 2.04. The van der Waals surface area contributed by atoms with E-state index >= 15 is 0 Å². The van der Waals surface area contributed by atoms with Crippen molar-refractivity contribution in [2.75, 3.05) is 25.7 Å². The molecule has 0 amide bonds. The van der Waals surface area contributed by atoms with Crippen molar-refractivity contribution in [2.24, 2.45) is 0 Å². The van der Waals surface area contributed by atoms with E-state index in [1.165, 1.54) is 0 Å². The van der Waals surface area contributed by atoms with Gasteiger partial charge in [-0.2, -0.15) is 0 Å². The molecule has 0 radical (unpaired) electrons. The summed E-state index contributed by atoms with van der Waals surface area (Å²) in [6.07, 6.45) is 0. The van der Waals surface area contributed by atoms with Gasteiger partial charge in [0.05, 0.1) is 13.7 Å². The molecule has 2 aromatic rings. The summed E-state index contributed by atoms with van der Waals surface area (Å²) in [5.41, 5.74) is 2.23. The molecule has 0 fully saturated rings. The van der Waals surface area contributed by atoms with E-state index in [-0.39, 0.29) is 0 Å². The van der Waals surface area contributed by atoms with Gasteiger partial charge in [0.2, 0.25) is 0 Å². The Kier molecular flexibility index (Phi) is 4.29. The molecular formula is C16H19NO2. The summed E-state index contributed by atoms with van der Waals surface area (Å²) in [6.45, 7) is 2.67. The van der Waals surface area contributed by atoms with Gasteiger partial charge in [-0.15, -0.1) is 0 Å². The summed E-state index contributed by atoms with van der Waals surface area (Å²) in [5.74, 6) is 1.76. The summed E-state index contributed by atoms with van der Waals surface area (Å²) in [7, 11) is 3.71. The Balaban J connectivity index is 2.15. The van der Waals surface area contributed by atoms with Crippen LogP contribution in [0.15, 0.2) is 48.5 Å². The van der Waals surface area contributed by atoms with Gasteiger partial charge in [0.1, 0.15) is 11.5 Å². The van der Waals surface area contributed by atoms with Crippen molar-refractivity contribution in [3.63, 3.8) is 0 Å². The number of nitrogens with zero attached hydrogens (tertiary/aromatic N) is 1. The minimum Gasteiger partial charge on any atom is -0.497 e. The summed E-state index contributed by atoms with van der Waals surface area (Å²) in [6, 6.07) is 16.1. The first-order valence-corrected chi connectivity index (χ1v) is 6.35. The highest BCUT2D eigenvalue weighted by molar-refractivity contribution is 5.63. The average molecular weight is 257 g/mol. The summed E-state index contributed by atoms with van der Waals surface area (Å²) < 4.78 is 10.6. The second kappa shape index (κ2) is 6.14. The van der Waals surface area contributed by atoms with Crippen molar-refractivity contribution in [1.82, 2.24) is 0 Å². The molecule has 0 aliphatic heterocycles. The molecule has 19 heavy (non-hydrogen) atoms. The van der Waals surface area contributed by atoms with E-state index in [0.717, 1.165) is 22.9 Å². The molecule has 100 valence electrons. The van der Waals surface area contributed by atoms with Crippen LogP contribution in [0, 0.1) is 0 Å². The fourth-order valence-corrected chi connectivity index (χ4v) is 1.89. The largest absolute Gasteiger partial charge is 0.497 e. The molecule has 0 heterocycles. The van der Waals surface area contributed by atoms with Crippen molar-refractivity contribution < 1.29 is 9.47 Å². The predicted molar refractivity (Wildman–Crippen MR) is 78.7 cm³/mol. The smallest absolute Gasteiger partial charge is 0.119 e. The number of methoxy groups -OCH3 is 1. The van der Waals surface area contributed by atoms with Crippen LogP contribution in [0.4, 0.5) is 11.4 Å². The molecule has 0 N–H and O–H groups in total. The van der Waals surface area contributed by atoms with Gasteiger partial charge in [0.25, 0.3) is 0 Å². The van der Waals surface area contributed by atoms with Crippen molar-refractivity contribution in [1.29, 1.82) is 0 Å². The quantitative estimate of drug-likeness (QED) is 0.811. The second-order valence-corrected chi connectivity index (χ2v) is 4.18. The molecule has 0 spiro atoms. The first kappa shape index (κ1) is 13.3. The molecular weight excluding hydrogens is 238 g/mol. The normalized spacial score (nSPS) is 10.1. The van der Waals surface area contributed by atoms with E-state index < -0.39 is 0 Å². The standard InChI is InChI=1S/C16H19NO2/c1-4-19-16-11-7-14(8-12-16)17(2)13-5-9-15(18-3)10-6-13/h5-12H,4H2,1-3H3.